The molecule has 0 spiro atoms. The maximum atomic E-state index is 12.9. The van der Waals surface area contributed by atoms with Crippen molar-refractivity contribution in [3.63, 3.8) is 0 Å². The van der Waals surface area contributed by atoms with E-state index in [-0.39, 0.29) is 6.42 Å². The molecule has 8 nitrogen and oxygen atoms in total. The standard InChI is InChI=1S/C22H24N2O6/c1-28-18-9-8-16(12-19(18)29-2)17-13-22(30-24-17,14-20(25)26)21(27)23-11-10-15-6-4-3-5-7-15/h3-9,12H,10-11,13-14H2,1-2H3,(H,23,27)(H,25,26). The summed E-state index contributed by atoms with van der Waals surface area (Å²) in [5.41, 5.74) is 0.609. The Kier molecular flexibility index (Phi) is 6.56. The van der Waals surface area contributed by atoms with E-state index in [1.807, 2.05) is 30.3 Å². The fraction of sp³-hybridized carbons (Fsp3) is 0.318. The van der Waals surface area contributed by atoms with E-state index in [9.17, 15) is 14.7 Å². The van der Waals surface area contributed by atoms with E-state index in [0.29, 0.717) is 35.7 Å². The molecule has 2 aromatic carbocycles. The molecular weight excluding hydrogens is 388 g/mol. The first kappa shape index (κ1) is 21.2. The van der Waals surface area contributed by atoms with Crippen LogP contribution in [0.2, 0.25) is 0 Å². The highest BCUT2D eigenvalue weighted by Crippen LogP contribution is 2.34. The molecule has 1 unspecified atom stereocenters. The van der Waals surface area contributed by atoms with Crippen LogP contribution in [0.5, 0.6) is 11.5 Å². The minimum Gasteiger partial charge on any atom is -0.493 e. The molecule has 2 N–H and O–H groups in total. The molecule has 1 aliphatic rings. The SMILES string of the molecule is COc1ccc(C2=NOC(CC(=O)O)(C(=O)NCCc3ccccc3)C2)cc1OC. The smallest absolute Gasteiger partial charge is 0.308 e. The fourth-order valence-corrected chi connectivity index (χ4v) is 3.32. The molecule has 0 aromatic heterocycles. The number of amides is 1. The molecule has 1 heterocycles. The van der Waals surface area contributed by atoms with Crippen molar-refractivity contribution in [2.45, 2.75) is 24.9 Å². The van der Waals surface area contributed by atoms with Gasteiger partial charge in [-0.2, -0.15) is 0 Å². The van der Waals surface area contributed by atoms with Crippen molar-refractivity contribution in [3.8, 4) is 11.5 Å². The Labute approximate surface area is 174 Å². The molecule has 0 saturated carbocycles. The van der Waals surface area contributed by atoms with Crippen LogP contribution in [0.4, 0.5) is 0 Å². The molecule has 1 aliphatic heterocycles. The summed E-state index contributed by atoms with van der Waals surface area (Å²) in [5, 5.41) is 16.2. The Balaban J connectivity index is 1.72. The molecule has 30 heavy (non-hydrogen) atoms. The number of rotatable bonds is 9. The summed E-state index contributed by atoms with van der Waals surface area (Å²) in [5.74, 6) is -0.589. The quantitative estimate of drug-likeness (QED) is 0.655. The van der Waals surface area contributed by atoms with Gasteiger partial charge < -0.3 is 24.7 Å². The van der Waals surface area contributed by atoms with Crippen LogP contribution in [0, 0.1) is 0 Å². The summed E-state index contributed by atoms with van der Waals surface area (Å²) >= 11 is 0. The maximum Gasteiger partial charge on any atom is 0.308 e. The lowest BCUT2D eigenvalue weighted by atomic mass is 9.90. The molecule has 0 saturated heterocycles. The van der Waals surface area contributed by atoms with Crippen LogP contribution in [-0.2, 0) is 20.8 Å². The van der Waals surface area contributed by atoms with Crippen LogP contribution in [-0.4, -0.2) is 49.1 Å². The Hall–Kier alpha value is -3.55. The Bertz CT molecular complexity index is 944. The number of aliphatic carboxylic acids is 1. The predicted molar refractivity (Wildman–Crippen MR) is 110 cm³/mol. The molecule has 0 aliphatic carbocycles. The van der Waals surface area contributed by atoms with Gasteiger partial charge in [-0.1, -0.05) is 35.5 Å². The van der Waals surface area contributed by atoms with Gasteiger partial charge in [0.1, 0.15) is 0 Å². The van der Waals surface area contributed by atoms with E-state index < -0.39 is 23.9 Å². The molecule has 0 radical (unpaired) electrons. The van der Waals surface area contributed by atoms with Crippen LogP contribution < -0.4 is 14.8 Å². The van der Waals surface area contributed by atoms with Crippen molar-refractivity contribution in [2.75, 3.05) is 20.8 Å². The molecule has 1 atom stereocenters. The first-order valence-electron chi connectivity index (χ1n) is 9.49. The lowest BCUT2D eigenvalue weighted by molar-refractivity contribution is -0.156. The van der Waals surface area contributed by atoms with E-state index in [4.69, 9.17) is 14.3 Å². The van der Waals surface area contributed by atoms with Crippen molar-refractivity contribution in [1.29, 1.82) is 0 Å². The van der Waals surface area contributed by atoms with E-state index in [0.717, 1.165) is 5.56 Å². The number of hydrogen-bond acceptors (Lipinski definition) is 6. The second-order valence-electron chi connectivity index (χ2n) is 6.93. The zero-order valence-corrected chi connectivity index (χ0v) is 16.9. The second kappa shape index (κ2) is 9.30. The van der Waals surface area contributed by atoms with Gasteiger partial charge in [0.25, 0.3) is 5.91 Å². The summed E-state index contributed by atoms with van der Waals surface area (Å²) in [6, 6.07) is 14.9. The van der Waals surface area contributed by atoms with Gasteiger partial charge in [-0.15, -0.1) is 0 Å². The monoisotopic (exact) mass is 412 g/mol. The van der Waals surface area contributed by atoms with Crippen LogP contribution in [0.3, 0.4) is 0 Å². The van der Waals surface area contributed by atoms with Crippen LogP contribution >= 0.6 is 0 Å². The number of carbonyl (C=O) groups is 2. The zero-order valence-electron chi connectivity index (χ0n) is 16.9. The third-order valence-corrected chi connectivity index (χ3v) is 4.89. The van der Waals surface area contributed by atoms with Crippen LogP contribution in [0.1, 0.15) is 24.0 Å². The molecule has 3 rings (SSSR count). The number of ether oxygens (including phenoxy) is 2. The van der Waals surface area contributed by atoms with E-state index in [1.54, 1.807) is 18.2 Å². The number of nitrogens with zero attached hydrogens (tertiary/aromatic N) is 1. The van der Waals surface area contributed by atoms with Gasteiger partial charge >= 0.3 is 5.97 Å². The van der Waals surface area contributed by atoms with Crippen molar-refractivity contribution < 1.29 is 29.0 Å². The highest BCUT2D eigenvalue weighted by molar-refractivity contribution is 6.06. The van der Waals surface area contributed by atoms with Crippen LogP contribution in [0.15, 0.2) is 53.7 Å². The van der Waals surface area contributed by atoms with E-state index in [2.05, 4.69) is 10.5 Å². The number of carbonyl (C=O) groups excluding carboxylic acids is 1. The van der Waals surface area contributed by atoms with Gasteiger partial charge in [0.15, 0.2) is 11.5 Å². The molecule has 158 valence electrons. The summed E-state index contributed by atoms with van der Waals surface area (Å²) in [6.45, 7) is 0.360. The number of methoxy groups -OCH3 is 2. The fourth-order valence-electron chi connectivity index (χ4n) is 3.32. The third-order valence-electron chi connectivity index (χ3n) is 4.89. The lowest BCUT2D eigenvalue weighted by Crippen LogP contribution is -2.49. The number of benzene rings is 2. The highest BCUT2D eigenvalue weighted by atomic mass is 16.7. The second-order valence-corrected chi connectivity index (χ2v) is 6.93. The lowest BCUT2D eigenvalue weighted by Gasteiger charge is -2.23. The third kappa shape index (κ3) is 4.71. The van der Waals surface area contributed by atoms with Gasteiger partial charge in [-0.05, 0) is 30.2 Å². The molecule has 8 heteroatoms. The Morgan fingerprint density at radius 3 is 2.53 bits per heavy atom. The number of nitrogens with one attached hydrogen (secondary N) is 1. The van der Waals surface area contributed by atoms with Gasteiger partial charge in [0.2, 0.25) is 5.60 Å². The van der Waals surface area contributed by atoms with E-state index in [1.165, 1.54) is 14.2 Å². The predicted octanol–water partition coefficient (Wildman–Crippen LogP) is 2.40. The summed E-state index contributed by atoms with van der Waals surface area (Å²) in [4.78, 5) is 29.8. The zero-order chi connectivity index (χ0) is 21.6. The first-order valence-corrected chi connectivity index (χ1v) is 9.49. The van der Waals surface area contributed by atoms with Gasteiger partial charge in [0.05, 0.1) is 26.4 Å². The first-order chi connectivity index (χ1) is 14.5. The summed E-state index contributed by atoms with van der Waals surface area (Å²) in [7, 11) is 3.05. The number of hydrogen-bond donors (Lipinski definition) is 2. The summed E-state index contributed by atoms with van der Waals surface area (Å²) in [6.07, 6.45) is 0.162. The Morgan fingerprint density at radius 2 is 1.87 bits per heavy atom. The van der Waals surface area contributed by atoms with Crippen LogP contribution in [0.25, 0.3) is 0 Å². The van der Waals surface area contributed by atoms with Crippen molar-refractivity contribution in [3.05, 3.63) is 59.7 Å². The minimum atomic E-state index is -1.59. The topological polar surface area (TPSA) is 106 Å². The van der Waals surface area contributed by atoms with Crippen molar-refractivity contribution >= 4 is 17.6 Å². The van der Waals surface area contributed by atoms with Gasteiger partial charge in [-0.25, -0.2) is 0 Å². The van der Waals surface area contributed by atoms with Crippen molar-refractivity contribution in [2.24, 2.45) is 5.16 Å². The average Bonchev–Trinajstić information content (AvgIpc) is 3.18. The maximum absolute atomic E-state index is 12.9. The van der Waals surface area contributed by atoms with Crippen molar-refractivity contribution in [1.82, 2.24) is 5.32 Å². The minimum absolute atomic E-state index is 0.0337. The normalized spacial score (nSPS) is 17.6. The van der Waals surface area contributed by atoms with E-state index >= 15 is 0 Å². The number of carboxylic acid groups (broad SMARTS) is 1. The molecule has 0 bridgehead atoms. The highest BCUT2D eigenvalue weighted by Gasteiger charge is 2.48. The molecular formula is C22H24N2O6. The molecule has 1 amide bonds. The Morgan fingerprint density at radius 1 is 1.13 bits per heavy atom. The summed E-state index contributed by atoms with van der Waals surface area (Å²) < 4.78 is 10.5. The van der Waals surface area contributed by atoms with Gasteiger partial charge in [0, 0.05) is 18.5 Å². The molecule has 0 fully saturated rings. The number of carboxylic acids is 1. The number of oxime groups is 1. The largest absolute Gasteiger partial charge is 0.493 e. The average molecular weight is 412 g/mol. The van der Waals surface area contributed by atoms with Gasteiger partial charge in [-0.3, -0.25) is 9.59 Å². The molecule has 2 aromatic rings.